The number of hydrogen-bond donors (Lipinski definition) is 0. The minimum atomic E-state index is -4.68. The van der Waals surface area contributed by atoms with E-state index in [1.807, 2.05) is 13.8 Å². The van der Waals surface area contributed by atoms with Crippen molar-refractivity contribution in [1.29, 1.82) is 0 Å². The van der Waals surface area contributed by atoms with E-state index in [-0.39, 0.29) is 41.8 Å². The van der Waals surface area contributed by atoms with Crippen molar-refractivity contribution >= 4 is 0 Å². The monoisotopic (exact) mass is 716 g/mol. The van der Waals surface area contributed by atoms with E-state index in [1.165, 1.54) is 0 Å². The molecule has 0 N–H and O–H groups in total. The molecule has 9 fully saturated rings. The van der Waals surface area contributed by atoms with Gasteiger partial charge in [0.2, 0.25) is 23.6 Å². The van der Waals surface area contributed by atoms with Crippen LogP contribution in [0.15, 0.2) is 11.3 Å². The van der Waals surface area contributed by atoms with Gasteiger partial charge in [-0.3, -0.25) is 0 Å². The summed E-state index contributed by atoms with van der Waals surface area (Å²) in [6, 6.07) is 0. The van der Waals surface area contributed by atoms with Gasteiger partial charge in [0.25, 0.3) is 0 Å². The van der Waals surface area contributed by atoms with Crippen LogP contribution in [0.4, 0.5) is 13.2 Å². The molecule has 2 aliphatic carbocycles. The molecule has 14 atom stereocenters. The number of halogens is 3. The first-order valence-corrected chi connectivity index (χ1v) is 19.1. The Balaban J connectivity index is 0.870. The van der Waals surface area contributed by atoms with Gasteiger partial charge in [-0.2, -0.15) is 13.2 Å². The average molecular weight is 717 g/mol. The van der Waals surface area contributed by atoms with Gasteiger partial charge in [0, 0.05) is 48.7 Å². The van der Waals surface area contributed by atoms with Gasteiger partial charge in [0.1, 0.15) is 0 Å². The lowest BCUT2D eigenvalue weighted by molar-refractivity contribution is -0.585. The van der Waals surface area contributed by atoms with Crippen molar-refractivity contribution in [3.05, 3.63) is 11.3 Å². The molecule has 0 amide bonds. The summed E-state index contributed by atoms with van der Waals surface area (Å²) in [7, 11) is 0. The number of allylic oxidation sites excluding steroid dienone is 1. The highest BCUT2D eigenvalue weighted by atomic mass is 19.4. The second kappa shape index (κ2) is 12.5. The Morgan fingerprint density at radius 2 is 1.30 bits per heavy atom. The Morgan fingerprint density at radius 3 is 2.00 bits per heavy atom. The van der Waals surface area contributed by atoms with Crippen LogP contribution in [0, 0.1) is 41.4 Å². The van der Waals surface area contributed by atoms with Crippen LogP contribution in [0.1, 0.15) is 112 Å². The molecule has 2 spiro atoms. The molecule has 50 heavy (non-hydrogen) atoms. The molecule has 8 heterocycles. The quantitative estimate of drug-likeness (QED) is 0.174. The van der Waals surface area contributed by atoms with E-state index in [9.17, 15) is 13.2 Å². The van der Waals surface area contributed by atoms with E-state index in [0.717, 1.165) is 51.4 Å². The number of rotatable bonds is 9. The summed E-state index contributed by atoms with van der Waals surface area (Å²) in [5.41, 5.74) is -1.69. The molecule has 284 valence electrons. The maximum atomic E-state index is 14.5. The highest BCUT2D eigenvalue weighted by molar-refractivity contribution is 5.28. The third-order valence-electron chi connectivity index (χ3n) is 14.0. The van der Waals surface area contributed by atoms with Crippen molar-refractivity contribution in [1.82, 2.24) is 0 Å². The van der Waals surface area contributed by atoms with Crippen LogP contribution < -0.4 is 0 Å². The molecule has 0 aromatic rings. The van der Waals surface area contributed by atoms with Crippen LogP contribution in [-0.2, 0) is 48.0 Å². The zero-order valence-electron chi connectivity index (χ0n) is 30.3. The molecule has 8 aliphatic heterocycles. The summed E-state index contributed by atoms with van der Waals surface area (Å²) in [4.78, 5) is 24.0. The second-order valence-corrected chi connectivity index (χ2v) is 17.1. The molecule has 0 aromatic heterocycles. The highest BCUT2D eigenvalue weighted by Crippen LogP contribution is 2.63. The molecule has 7 saturated heterocycles. The zero-order valence-corrected chi connectivity index (χ0v) is 30.3. The standard InChI is InChI=1S/C37H55F3O10/c1-21-10-12-27-23(3)34(6,46-31-35(27)25(21)14-17-33(5,45-31)48-49-35)42-19-9-7-8-18-41-20-24-28-13-11-22(2)26-15-16-32(4)44-30(36(26,28)50-47-32)43-29(24)37(38,39)40/h21-23,25-28,30-31H,7-20H2,1-6H3/t21-,22-,23-,25+,26+,27+,28+,30-,31+,32+,33+,34+,35-,36-/m1/s1. The Kier molecular flexibility index (Phi) is 9.00. The number of ether oxygens (including phenoxy) is 6. The Bertz CT molecular complexity index is 1330. The molecule has 13 heteroatoms. The largest absolute Gasteiger partial charge is 0.456 e. The van der Waals surface area contributed by atoms with Crippen molar-refractivity contribution in [2.24, 2.45) is 41.4 Å². The predicted octanol–water partition coefficient (Wildman–Crippen LogP) is 7.85. The van der Waals surface area contributed by atoms with Gasteiger partial charge in [-0.15, -0.1) is 0 Å². The molecule has 10 nitrogen and oxygen atoms in total. The van der Waals surface area contributed by atoms with E-state index in [1.54, 1.807) is 6.92 Å². The first-order chi connectivity index (χ1) is 23.6. The fourth-order valence-corrected chi connectivity index (χ4v) is 11.1. The van der Waals surface area contributed by atoms with E-state index >= 15 is 0 Å². The van der Waals surface area contributed by atoms with Crippen molar-refractivity contribution in [3.8, 4) is 0 Å². The van der Waals surface area contributed by atoms with Gasteiger partial charge < -0.3 is 28.4 Å². The number of hydrogen-bond acceptors (Lipinski definition) is 10. The maximum absolute atomic E-state index is 14.5. The first-order valence-electron chi connectivity index (χ1n) is 19.1. The van der Waals surface area contributed by atoms with Crippen molar-refractivity contribution in [3.63, 3.8) is 0 Å². The molecule has 10 aliphatic rings. The first kappa shape index (κ1) is 36.0. The second-order valence-electron chi connectivity index (χ2n) is 17.1. The fraction of sp³-hybridized carbons (Fsp3) is 0.946. The smallest absolute Gasteiger partial charge is 0.449 e. The lowest BCUT2D eigenvalue weighted by Gasteiger charge is -2.62. The van der Waals surface area contributed by atoms with Crippen LogP contribution in [0.3, 0.4) is 0 Å². The minimum absolute atomic E-state index is 0.0492. The van der Waals surface area contributed by atoms with Crippen molar-refractivity contribution in [2.75, 3.05) is 19.8 Å². The van der Waals surface area contributed by atoms with Crippen molar-refractivity contribution < 1.29 is 61.1 Å². The van der Waals surface area contributed by atoms with E-state index in [4.69, 9.17) is 48.0 Å². The molecular weight excluding hydrogens is 661 g/mol. The van der Waals surface area contributed by atoms with Gasteiger partial charge in [-0.05, 0) is 96.3 Å². The topological polar surface area (TPSA) is 92.3 Å². The minimum Gasteiger partial charge on any atom is -0.456 e. The Hall–Kier alpha value is -1.03. The molecule has 2 saturated carbocycles. The highest BCUT2D eigenvalue weighted by Gasteiger charge is 2.72. The van der Waals surface area contributed by atoms with Crippen molar-refractivity contribution in [2.45, 2.75) is 159 Å². The number of fused-ring (bicyclic) bond motifs is 4. The van der Waals surface area contributed by atoms with Crippen LogP contribution in [0.2, 0.25) is 0 Å². The van der Waals surface area contributed by atoms with Crippen LogP contribution in [-0.4, -0.2) is 67.1 Å². The van der Waals surface area contributed by atoms with E-state index in [2.05, 4.69) is 20.8 Å². The molecule has 4 bridgehead atoms. The van der Waals surface area contributed by atoms with Gasteiger partial charge in [0.05, 0.1) is 13.2 Å². The molecule has 10 rings (SSSR count). The zero-order chi connectivity index (χ0) is 35.3. The SMILES string of the molecule is C[C@@H]1CC[C@H]2[C@@H](C)[C@@](C)(OCCCCCOCC3=C(C(F)(F)F)O[C@@H]4O[C@]5(C)CC[C@H]6[C@H](C)CC[C@@H]3[C@@]46OO5)O[C@@H]3O[C@]4(C)CC[C@@H]1[C@]32OO4. The summed E-state index contributed by atoms with van der Waals surface area (Å²) in [5.74, 6) is -3.27. The summed E-state index contributed by atoms with van der Waals surface area (Å²) in [5, 5.41) is 0. The molecular formula is C37H55F3O10. The van der Waals surface area contributed by atoms with E-state index in [0.29, 0.717) is 38.4 Å². The maximum Gasteiger partial charge on any atom is 0.449 e. The average Bonchev–Trinajstić information content (AvgIpc) is 3.43. The van der Waals surface area contributed by atoms with Gasteiger partial charge >= 0.3 is 6.18 Å². The number of unbranched alkanes of at least 4 members (excludes halogenated alkanes) is 2. The third kappa shape index (κ3) is 5.53. The normalized spacial score (nSPS) is 51.0. The van der Waals surface area contributed by atoms with Crippen LogP contribution >= 0.6 is 0 Å². The summed E-state index contributed by atoms with van der Waals surface area (Å²) in [6.07, 6.45) is 2.14. The summed E-state index contributed by atoms with van der Waals surface area (Å²) in [6.45, 7) is 12.8. The van der Waals surface area contributed by atoms with E-state index < -0.39 is 59.0 Å². The Morgan fingerprint density at radius 1 is 0.680 bits per heavy atom. The fourth-order valence-electron chi connectivity index (χ4n) is 11.1. The van der Waals surface area contributed by atoms with Gasteiger partial charge in [-0.1, -0.05) is 20.8 Å². The van der Waals surface area contributed by atoms with Gasteiger partial charge in [-0.25, -0.2) is 19.6 Å². The molecule has 0 radical (unpaired) electrons. The predicted molar refractivity (Wildman–Crippen MR) is 169 cm³/mol. The number of alkyl halides is 3. The molecule has 0 unspecified atom stereocenters. The van der Waals surface area contributed by atoms with Crippen LogP contribution in [0.25, 0.3) is 0 Å². The van der Waals surface area contributed by atoms with Crippen LogP contribution in [0.5, 0.6) is 0 Å². The summed E-state index contributed by atoms with van der Waals surface area (Å²) < 4.78 is 80.8. The lowest BCUT2D eigenvalue weighted by Crippen LogP contribution is -2.72. The molecule has 0 aromatic carbocycles. The third-order valence-corrected chi connectivity index (χ3v) is 14.0. The van der Waals surface area contributed by atoms with Gasteiger partial charge in [0.15, 0.2) is 23.3 Å². The Labute approximate surface area is 293 Å². The lowest BCUT2D eigenvalue weighted by atomic mass is 9.57. The summed E-state index contributed by atoms with van der Waals surface area (Å²) >= 11 is 0.